The first-order chi connectivity index (χ1) is 15.9. The molecule has 10 nitrogen and oxygen atoms in total. The van der Waals surface area contributed by atoms with Crippen molar-refractivity contribution >= 4 is 23.9 Å². The highest BCUT2D eigenvalue weighted by atomic mass is 16.5. The lowest BCUT2D eigenvalue weighted by Gasteiger charge is -2.07. The number of carboxylic acid groups (broad SMARTS) is 2. The summed E-state index contributed by atoms with van der Waals surface area (Å²) in [6.45, 7) is 16.0. The Morgan fingerprint density at radius 2 is 1.03 bits per heavy atom. The van der Waals surface area contributed by atoms with Gasteiger partial charge in [-0.3, -0.25) is 0 Å². The van der Waals surface area contributed by atoms with Gasteiger partial charge in [0.1, 0.15) is 13.2 Å². The van der Waals surface area contributed by atoms with E-state index in [2.05, 4.69) is 26.3 Å². The van der Waals surface area contributed by atoms with Crippen LogP contribution in [0.15, 0.2) is 73.9 Å². The summed E-state index contributed by atoms with van der Waals surface area (Å²) < 4.78 is 9.78. The summed E-state index contributed by atoms with van der Waals surface area (Å²) in [4.78, 5) is 42.6. The zero-order chi connectivity index (χ0) is 27.1. The zero-order valence-electron chi connectivity index (χ0n) is 19.4. The highest BCUT2D eigenvalue weighted by molar-refractivity contribution is 6.03. The van der Waals surface area contributed by atoms with E-state index in [4.69, 9.17) is 29.9 Å². The molecule has 0 aliphatic heterocycles. The number of rotatable bonds is 9. The van der Waals surface area contributed by atoms with Gasteiger partial charge >= 0.3 is 23.9 Å². The van der Waals surface area contributed by atoms with Crippen molar-refractivity contribution < 1.29 is 49.1 Å². The maximum atomic E-state index is 11.7. The molecule has 0 radical (unpaired) electrons. The number of esters is 2. The second-order valence-electron chi connectivity index (χ2n) is 5.94. The van der Waals surface area contributed by atoms with Crippen LogP contribution >= 0.6 is 0 Å². The molecule has 0 spiro atoms. The number of carbonyl (C=O) groups excluding carboxylic acids is 2. The molecule has 10 heteroatoms. The van der Waals surface area contributed by atoms with Crippen LogP contribution in [0.25, 0.3) is 0 Å². The third-order valence-corrected chi connectivity index (χ3v) is 2.86. The Balaban J connectivity index is -0.000000490. The lowest BCUT2D eigenvalue weighted by atomic mass is 10.1. The third-order valence-electron chi connectivity index (χ3n) is 2.86. The average Bonchev–Trinajstić information content (AvgIpc) is 2.81. The fourth-order valence-corrected chi connectivity index (χ4v) is 1.26. The maximum absolute atomic E-state index is 11.7. The molecular weight excluding hydrogens is 448 g/mol. The summed E-state index contributed by atoms with van der Waals surface area (Å²) in [5, 5.41) is 31.0. The number of ether oxygens (including phenoxy) is 2. The quantitative estimate of drug-likeness (QED) is 0.234. The van der Waals surface area contributed by atoms with Crippen molar-refractivity contribution in [2.24, 2.45) is 0 Å². The predicted octanol–water partition coefficient (Wildman–Crippen LogP) is 2.64. The smallest absolute Gasteiger partial charge is 0.339 e. The molecule has 1 aromatic rings. The topological polar surface area (TPSA) is 168 Å². The molecular formula is C24H32O10. The van der Waals surface area contributed by atoms with Crippen molar-refractivity contribution in [2.45, 2.75) is 13.8 Å². The SMILES string of the molecule is C=C(C)C(=O)O.C=C(C)C(=O)O.C=CCOC(=O)c1ccccc1C(=O)OCC=C.OCCO. The summed E-state index contributed by atoms with van der Waals surface area (Å²) >= 11 is 0. The minimum absolute atomic E-state index is 0.0921. The molecule has 0 saturated heterocycles. The molecule has 0 amide bonds. The van der Waals surface area contributed by atoms with Gasteiger partial charge in [-0.05, 0) is 26.0 Å². The molecule has 0 fully saturated rings. The fourth-order valence-electron chi connectivity index (χ4n) is 1.26. The van der Waals surface area contributed by atoms with Crippen LogP contribution in [0, 0.1) is 0 Å². The Hall–Kier alpha value is -4.02. The number of carbonyl (C=O) groups is 4. The van der Waals surface area contributed by atoms with Gasteiger partial charge in [-0.2, -0.15) is 0 Å². The normalized spacial score (nSPS) is 8.47. The van der Waals surface area contributed by atoms with Crippen LogP contribution in [0.1, 0.15) is 34.6 Å². The lowest BCUT2D eigenvalue weighted by Crippen LogP contribution is -2.14. The molecule has 0 unspecified atom stereocenters. The van der Waals surface area contributed by atoms with Gasteiger partial charge in [0.05, 0.1) is 24.3 Å². The first-order valence-corrected chi connectivity index (χ1v) is 9.55. The highest BCUT2D eigenvalue weighted by Crippen LogP contribution is 2.12. The van der Waals surface area contributed by atoms with E-state index in [0.717, 1.165) is 0 Å². The van der Waals surface area contributed by atoms with Gasteiger partial charge in [-0.25, -0.2) is 19.2 Å². The molecule has 1 rings (SSSR count). The van der Waals surface area contributed by atoms with Crippen LogP contribution in [0.2, 0.25) is 0 Å². The van der Waals surface area contributed by atoms with Crippen LogP contribution < -0.4 is 0 Å². The Morgan fingerprint density at radius 3 is 1.21 bits per heavy atom. The summed E-state index contributed by atoms with van der Waals surface area (Å²) in [7, 11) is 0. The molecule has 1 aromatic carbocycles. The van der Waals surface area contributed by atoms with Crippen LogP contribution in [0.5, 0.6) is 0 Å². The molecule has 0 aliphatic carbocycles. The van der Waals surface area contributed by atoms with Gasteiger partial charge in [0.25, 0.3) is 0 Å². The standard InChI is InChI=1S/C14H14O4.2C4H6O2.C2H6O2/c1-3-9-17-13(15)11-7-5-6-8-12(11)14(16)18-10-4-2;2*1-3(2)4(5)6;3-1-2-4/h3-8H,1-2,9-10H2;2*1H2,2H3,(H,5,6);3-4H,1-2H2. The number of benzene rings is 1. The third kappa shape index (κ3) is 19.9. The van der Waals surface area contributed by atoms with Crippen LogP contribution in [-0.4, -0.2) is 70.7 Å². The van der Waals surface area contributed by atoms with Crippen molar-refractivity contribution in [3.05, 3.63) is 85.0 Å². The Bertz CT molecular complexity index is 747. The number of aliphatic hydroxyl groups excluding tert-OH is 2. The first-order valence-electron chi connectivity index (χ1n) is 9.55. The zero-order valence-corrected chi connectivity index (χ0v) is 19.4. The number of aliphatic hydroxyl groups is 2. The second-order valence-corrected chi connectivity index (χ2v) is 5.94. The largest absolute Gasteiger partial charge is 0.478 e. The van der Waals surface area contributed by atoms with Gasteiger partial charge in [-0.1, -0.05) is 50.6 Å². The molecule has 0 aliphatic rings. The fraction of sp³-hybridized carbons (Fsp3) is 0.250. The monoisotopic (exact) mass is 480 g/mol. The van der Waals surface area contributed by atoms with E-state index in [-0.39, 0.29) is 48.7 Å². The number of carboxylic acids is 2. The van der Waals surface area contributed by atoms with E-state index < -0.39 is 23.9 Å². The summed E-state index contributed by atoms with van der Waals surface area (Å²) in [6, 6.07) is 6.31. The van der Waals surface area contributed by atoms with Crippen LogP contribution in [-0.2, 0) is 19.1 Å². The molecule has 0 heterocycles. The molecule has 188 valence electrons. The van der Waals surface area contributed by atoms with Crippen molar-refractivity contribution in [2.75, 3.05) is 26.4 Å². The second kappa shape index (κ2) is 22.2. The summed E-state index contributed by atoms with van der Waals surface area (Å²) in [6.07, 6.45) is 2.91. The minimum atomic E-state index is -0.935. The van der Waals surface area contributed by atoms with E-state index in [1.807, 2.05) is 0 Å². The number of aliphatic carboxylic acids is 2. The van der Waals surface area contributed by atoms with E-state index in [0.29, 0.717) is 0 Å². The van der Waals surface area contributed by atoms with E-state index in [9.17, 15) is 19.2 Å². The maximum Gasteiger partial charge on any atom is 0.339 e. The van der Waals surface area contributed by atoms with Gasteiger partial charge in [0.2, 0.25) is 0 Å². The van der Waals surface area contributed by atoms with Crippen molar-refractivity contribution in [3.8, 4) is 0 Å². The number of hydrogen-bond donors (Lipinski definition) is 4. The number of hydrogen-bond acceptors (Lipinski definition) is 8. The van der Waals surface area contributed by atoms with E-state index >= 15 is 0 Å². The van der Waals surface area contributed by atoms with E-state index in [1.54, 1.807) is 12.1 Å². The first kappa shape index (κ1) is 34.6. The Labute approximate surface area is 198 Å². The van der Waals surface area contributed by atoms with Crippen molar-refractivity contribution in [3.63, 3.8) is 0 Å². The molecule has 4 N–H and O–H groups in total. The molecule has 0 atom stereocenters. The average molecular weight is 481 g/mol. The Morgan fingerprint density at radius 1 is 0.765 bits per heavy atom. The molecule has 0 saturated carbocycles. The molecule has 34 heavy (non-hydrogen) atoms. The van der Waals surface area contributed by atoms with Gasteiger partial charge < -0.3 is 29.9 Å². The summed E-state index contributed by atoms with van der Waals surface area (Å²) in [5.74, 6) is -3.04. The van der Waals surface area contributed by atoms with Crippen molar-refractivity contribution in [1.82, 2.24) is 0 Å². The minimum Gasteiger partial charge on any atom is -0.478 e. The Kier molecular flexibility index (Phi) is 22.6. The van der Waals surface area contributed by atoms with Crippen molar-refractivity contribution in [1.29, 1.82) is 0 Å². The van der Waals surface area contributed by atoms with Crippen LogP contribution in [0.3, 0.4) is 0 Å². The molecule has 0 bridgehead atoms. The predicted molar refractivity (Wildman–Crippen MR) is 126 cm³/mol. The van der Waals surface area contributed by atoms with Crippen LogP contribution in [0.4, 0.5) is 0 Å². The van der Waals surface area contributed by atoms with Gasteiger partial charge in [0, 0.05) is 11.1 Å². The summed E-state index contributed by atoms with van der Waals surface area (Å²) in [5.41, 5.74) is 0.701. The van der Waals surface area contributed by atoms with E-state index in [1.165, 1.54) is 38.1 Å². The molecule has 0 aromatic heterocycles. The van der Waals surface area contributed by atoms with Gasteiger partial charge in [0.15, 0.2) is 0 Å². The lowest BCUT2D eigenvalue weighted by molar-refractivity contribution is -0.133. The van der Waals surface area contributed by atoms with Gasteiger partial charge in [-0.15, -0.1) is 0 Å². The highest BCUT2D eigenvalue weighted by Gasteiger charge is 2.18.